The van der Waals surface area contributed by atoms with Gasteiger partial charge in [0, 0.05) is 30.2 Å². The predicted octanol–water partition coefficient (Wildman–Crippen LogP) is 3.36. The van der Waals surface area contributed by atoms with Gasteiger partial charge in [0.05, 0.1) is 6.42 Å². The lowest BCUT2D eigenvalue weighted by atomic mass is 10.1. The van der Waals surface area contributed by atoms with Crippen molar-refractivity contribution in [3.63, 3.8) is 0 Å². The summed E-state index contributed by atoms with van der Waals surface area (Å²) in [5.41, 5.74) is 2.19. The number of nitrogens with one attached hydrogen (secondary N) is 1. The van der Waals surface area contributed by atoms with Crippen LogP contribution < -0.4 is 0 Å². The Labute approximate surface area is 114 Å². The summed E-state index contributed by atoms with van der Waals surface area (Å²) >= 11 is 0. The number of carbonyl (C=O) groups excluding carboxylic acids is 1. The number of carbonyl (C=O) groups is 1. The van der Waals surface area contributed by atoms with Crippen molar-refractivity contribution >= 4 is 16.8 Å². The molecule has 102 valence electrons. The zero-order valence-corrected chi connectivity index (χ0v) is 11.8. The van der Waals surface area contributed by atoms with Crippen LogP contribution >= 0.6 is 0 Å². The zero-order chi connectivity index (χ0) is 13.7. The van der Waals surface area contributed by atoms with Crippen molar-refractivity contribution in [2.45, 2.75) is 33.1 Å². The molecule has 0 aliphatic carbocycles. The second-order valence-corrected chi connectivity index (χ2v) is 4.86. The van der Waals surface area contributed by atoms with Crippen molar-refractivity contribution in [2.24, 2.45) is 0 Å². The molecule has 0 aliphatic heterocycles. The van der Waals surface area contributed by atoms with Crippen molar-refractivity contribution in [2.75, 3.05) is 13.1 Å². The Morgan fingerprint density at radius 2 is 2.05 bits per heavy atom. The molecule has 3 heteroatoms. The molecule has 1 amide bonds. The van der Waals surface area contributed by atoms with Gasteiger partial charge in [0.1, 0.15) is 0 Å². The van der Waals surface area contributed by atoms with Crippen LogP contribution in [0.2, 0.25) is 0 Å². The minimum atomic E-state index is 0.223. The molecule has 0 unspecified atom stereocenters. The molecule has 0 aliphatic rings. The first-order valence-electron chi connectivity index (χ1n) is 7.09. The number of hydrogen-bond donors (Lipinski definition) is 1. The molecular weight excluding hydrogens is 236 g/mol. The molecular formula is C16H22N2O. The second-order valence-electron chi connectivity index (χ2n) is 4.86. The van der Waals surface area contributed by atoms with E-state index in [9.17, 15) is 4.79 Å². The van der Waals surface area contributed by atoms with E-state index in [2.05, 4.69) is 18.0 Å². The molecule has 19 heavy (non-hydrogen) atoms. The maximum atomic E-state index is 12.3. The van der Waals surface area contributed by atoms with Gasteiger partial charge in [0.25, 0.3) is 0 Å². The summed E-state index contributed by atoms with van der Waals surface area (Å²) in [6.45, 7) is 5.86. The van der Waals surface area contributed by atoms with Crippen molar-refractivity contribution < 1.29 is 4.79 Å². The van der Waals surface area contributed by atoms with E-state index in [4.69, 9.17) is 0 Å². The fourth-order valence-corrected chi connectivity index (χ4v) is 2.36. The summed E-state index contributed by atoms with van der Waals surface area (Å²) in [4.78, 5) is 17.5. The number of aromatic nitrogens is 1. The molecule has 0 atom stereocenters. The minimum Gasteiger partial charge on any atom is -0.361 e. The standard InChI is InChI=1S/C16H22N2O/c1-3-5-10-18(4-2)16(19)11-13-12-17-15-9-7-6-8-14(13)15/h6-9,12,17H,3-5,10-11H2,1-2H3. The van der Waals surface area contributed by atoms with Gasteiger partial charge in [-0.2, -0.15) is 0 Å². The van der Waals surface area contributed by atoms with E-state index < -0.39 is 0 Å². The van der Waals surface area contributed by atoms with Crippen molar-refractivity contribution in [1.29, 1.82) is 0 Å². The van der Waals surface area contributed by atoms with E-state index in [1.165, 1.54) is 0 Å². The van der Waals surface area contributed by atoms with Crippen LogP contribution in [0.3, 0.4) is 0 Å². The fourth-order valence-electron chi connectivity index (χ4n) is 2.36. The summed E-state index contributed by atoms with van der Waals surface area (Å²) in [5.74, 6) is 0.223. The van der Waals surface area contributed by atoms with Gasteiger partial charge in [-0.25, -0.2) is 0 Å². The Kier molecular flexibility index (Phi) is 4.61. The molecule has 0 bridgehead atoms. The molecule has 1 aromatic heterocycles. The summed E-state index contributed by atoms with van der Waals surface area (Å²) in [6, 6.07) is 8.12. The van der Waals surface area contributed by atoms with Crippen LogP contribution in [0.5, 0.6) is 0 Å². The molecule has 3 nitrogen and oxygen atoms in total. The predicted molar refractivity (Wildman–Crippen MR) is 79.2 cm³/mol. The van der Waals surface area contributed by atoms with Gasteiger partial charge in [-0.1, -0.05) is 31.5 Å². The van der Waals surface area contributed by atoms with Gasteiger partial charge < -0.3 is 9.88 Å². The Morgan fingerprint density at radius 3 is 2.79 bits per heavy atom. The van der Waals surface area contributed by atoms with E-state index >= 15 is 0 Å². The van der Waals surface area contributed by atoms with E-state index in [1.807, 2.05) is 36.2 Å². The molecule has 1 N–H and O–H groups in total. The van der Waals surface area contributed by atoms with Gasteiger partial charge in [-0.3, -0.25) is 4.79 Å². The SMILES string of the molecule is CCCCN(CC)C(=O)Cc1c[nH]c2ccccc12. The monoisotopic (exact) mass is 258 g/mol. The molecule has 1 heterocycles. The highest BCUT2D eigenvalue weighted by Crippen LogP contribution is 2.18. The lowest BCUT2D eigenvalue weighted by Gasteiger charge is -2.20. The van der Waals surface area contributed by atoms with Gasteiger partial charge in [-0.05, 0) is 25.0 Å². The van der Waals surface area contributed by atoms with Crippen LogP contribution in [0.4, 0.5) is 0 Å². The number of unbranched alkanes of at least 4 members (excludes halogenated alkanes) is 1. The third-order valence-corrected chi connectivity index (χ3v) is 3.53. The number of likely N-dealkylation sites (N-methyl/N-ethyl adjacent to an activating group) is 1. The Bertz CT molecular complexity index is 544. The van der Waals surface area contributed by atoms with E-state index in [0.717, 1.165) is 42.4 Å². The van der Waals surface area contributed by atoms with Crippen LogP contribution in [-0.4, -0.2) is 28.9 Å². The first-order valence-corrected chi connectivity index (χ1v) is 7.09. The molecule has 0 saturated heterocycles. The van der Waals surface area contributed by atoms with Crippen molar-refractivity contribution in [1.82, 2.24) is 9.88 Å². The number of para-hydroxylation sites is 1. The fraction of sp³-hybridized carbons (Fsp3) is 0.438. The third kappa shape index (κ3) is 3.16. The summed E-state index contributed by atoms with van der Waals surface area (Å²) in [6.07, 6.45) is 4.64. The molecule has 0 saturated carbocycles. The average molecular weight is 258 g/mol. The quantitative estimate of drug-likeness (QED) is 0.847. The largest absolute Gasteiger partial charge is 0.361 e. The third-order valence-electron chi connectivity index (χ3n) is 3.53. The van der Waals surface area contributed by atoms with Crippen molar-refractivity contribution in [3.05, 3.63) is 36.0 Å². The molecule has 0 spiro atoms. The summed E-state index contributed by atoms with van der Waals surface area (Å²) < 4.78 is 0. The second kappa shape index (κ2) is 6.41. The molecule has 2 aromatic rings. The molecule has 0 radical (unpaired) electrons. The highest BCUT2D eigenvalue weighted by atomic mass is 16.2. The number of rotatable bonds is 6. The number of hydrogen-bond acceptors (Lipinski definition) is 1. The highest BCUT2D eigenvalue weighted by Gasteiger charge is 2.13. The number of amides is 1. The maximum absolute atomic E-state index is 12.3. The Morgan fingerprint density at radius 1 is 1.26 bits per heavy atom. The number of benzene rings is 1. The number of H-pyrrole nitrogens is 1. The highest BCUT2D eigenvalue weighted by molar-refractivity contribution is 5.88. The van der Waals surface area contributed by atoms with Gasteiger partial charge in [0.15, 0.2) is 0 Å². The first-order chi connectivity index (χ1) is 9.26. The minimum absolute atomic E-state index is 0.223. The van der Waals surface area contributed by atoms with Gasteiger partial charge in [0.2, 0.25) is 5.91 Å². The normalized spacial score (nSPS) is 10.8. The zero-order valence-electron chi connectivity index (χ0n) is 11.8. The molecule has 0 fully saturated rings. The van der Waals surface area contributed by atoms with Crippen LogP contribution in [-0.2, 0) is 11.2 Å². The van der Waals surface area contributed by atoms with Gasteiger partial charge >= 0.3 is 0 Å². The Hall–Kier alpha value is -1.77. The lowest BCUT2D eigenvalue weighted by molar-refractivity contribution is -0.130. The van der Waals surface area contributed by atoms with Crippen LogP contribution in [0.1, 0.15) is 32.3 Å². The Balaban J connectivity index is 2.09. The molecule has 2 rings (SSSR count). The van der Waals surface area contributed by atoms with E-state index in [0.29, 0.717) is 6.42 Å². The lowest BCUT2D eigenvalue weighted by Crippen LogP contribution is -2.32. The van der Waals surface area contributed by atoms with Crippen LogP contribution in [0, 0.1) is 0 Å². The summed E-state index contributed by atoms with van der Waals surface area (Å²) in [5, 5.41) is 1.15. The van der Waals surface area contributed by atoms with Gasteiger partial charge in [-0.15, -0.1) is 0 Å². The van der Waals surface area contributed by atoms with Crippen LogP contribution in [0.25, 0.3) is 10.9 Å². The van der Waals surface area contributed by atoms with E-state index in [-0.39, 0.29) is 5.91 Å². The molecule has 1 aromatic carbocycles. The van der Waals surface area contributed by atoms with E-state index in [1.54, 1.807) is 0 Å². The topological polar surface area (TPSA) is 36.1 Å². The first kappa shape index (κ1) is 13.7. The number of fused-ring (bicyclic) bond motifs is 1. The maximum Gasteiger partial charge on any atom is 0.227 e. The smallest absolute Gasteiger partial charge is 0.227 e. The number of nitrogens with zero attached hydrogens (tertiary/aromatic N) is 1. The number of aromatic amines is 1. The average Bonchev–Trinajstić information content (AvgIpc) is 2.83. The van der Waals surface area contributed by atoms with Crippen LogP contribution in [0.15, 0.2) is 30.5 Å². The summed E-state index contributed by atoms with van der Waals surface area (Å²) in [7, 11) is 0. The van der Waals surface area contributed by atoms with Crippen molar-refractivity contribution in [3.8, 4) is 0 Å².